The summed E-state index contributed by atoms with van der Waals surface area (Å²) in [6.07, 6.45) is 1.49. The highest BCUT2D eigenvalue weighted by Crippen LogP contribution is 2.35. The lowest BCUT2D eigenvalue weighted by Crippen LogP contribution is -2.27. The van der Waals surface area contributed by atoms with Crippen molar-refractivity contribution in [3.05, 3.63) is 95.0 Å². The standard InChI is InChI=1S/C24H20ClFN5O6P/c25-18-13-19(26)17(20-8-4-5-9-27-20)12-16(18)23(32)29-22-14-21(24(33)28-10-11-37-38(34,35)36)30-31(22)15-6-2-1-3-7-15/h1-9,12-14H,10-11H2,(H,28,33)(H,29,32)(H2,34,35,36). The third kappa shape index (κ3) is 6.68. The van der Waals surface area contributed by atoms with E-state index in [1.54, 1.807) is 48.5 Å². The summed E-state index contributed by atoms with van der Waals surface area (Å²) in [5.74, 6) is -1.91. The first-order chi connectivity index (χ1) is 18.1. The van der Waals surface area contributed by atoms with Gasteiger partial charge in [-0.1, -0.05) is 35.9 Å². The van der Waals surface area contributed by atoms with Crippen LogP contribution in [0.4, 0.5) is 10.2 Å². The molecule has 0 aliphatic rings. The van der Waals surface area contributed by atoms with Gasteiger partial charge in [-0.05, 0) is 36.4 Å². The fourth-order valence-corrected chi connectivity index (χ4v) is 3.96. The first-order valence-electron chi connectivity index (χ1n) is 11.0. The van der Waals surface area contributed by atoms with Crippen molar-refractivity contribution in [2.45, 2.75) is 0 Å². The van der Waals surface area contributed by atoms with Crippen molar-refractivity contribution in [2.24, 2.45) is 0 Å². The van der Waals surface area contributed by atoms with Crippen LogP contribution in [0.15, 0.2) is 72.9 Å². The summed E-state index contributed by atoms with van der Waals surface area (Å²) in [4.78, 5) is 47.4. The van der Waals surface area contributed by atoms with Crippen LogP contribution in [0.2, 0.25) is 5.02 Å². The number of amides is 2. The number of nitrogens with one attached hydrogen (secondary N) is 2. The summed E-state index contributed by atoms with van der Waals surface area (Å²) in [6, 6.07) is 17.2. The monoisotopic (exact) mass is 559 g/mol. The number of anilines is 1. The fourth-order valence-electron chi connectivity index (χ4n) is 3.39. The number of nitrogens with zero attached hydrogens (tertiary/aromatic N) is 3. The number of phosphoric acid groups is 1. The van der Waals surface area contributed by atoms with E-state index >= 15 is 0 Å². The molecule has 0 bridgehead atoms. The van der Waals surface area contributed by atoms with Gasteiger partial charge in [0.05, 0.1) is 28.6 Å². The second kappa shape index (κ2) is 11.6. The summed E-state index contributed by atoms with van der Waals surface area (Å²) in [5.41, 5.74) is 0.780. The molecule has 11 nitrogen and oxygen atoms in total. The van der Waals surface area contributed by atoms with Crippen molar-refractivity contribution in [3.8, 4) is 16.9 Å². The number of hydrogen-bond donors (Lipinski definition) is 4. The molecule has 196 valence electrons. The molecule has 0 spiro atoms. The number of phosphoric ester groups is 1. The maximum absolute atomic E-state index is 14.6. The predicted octanol–water partition coefficient (Wildman–Crippen LogP) is 3.82. The normalized spacial score (nSPS) is 11.3. The number of carbonyl (C=O) groups excluding carboxylic acids is 2. The van der Waals surface area contributed by atoms with Crippen LogP contribution in [0, 0.1) is 5.82 Å². The van der Waals surface area contributed by atoms with Gasteiger partial charge in [0.15, 0.2) is 5.69 Å². The van der Waals surface area contributed by atoms with E-state index in [0.717, 1.165) is 6.07 Å². The van der Waals surface area contributed by atoms with Crippen LogP contribution in [0.3, 0.4) is 0 Å². The molecule has 0 radical (unpaired) electrons. The minimum absolute atomic E-state index is 0.0323. The lowest BCUT2D eigenvalue weighted by Gasteiger charge is -2.11. The molecule has 2 heterocycles. The van der Waals surface area contributed by atoms with E-state index in [-0.39, 0.29) is 34.2 Å². The Morgan fingerprint density at radius 3 is 2.47 bits per heavy atom. The Labute approximate surface area is 220 Å². The summed E-state index contributed by atoms with van der Waals surface area (Å²) in [6.45, 7) is -0.633. The minimum atomic E-state index is -4.67. The molecule has 4 N–H and O–H groups in total. The largest absolute Gasteiger partial charge is 0.469 e. The molecule has 0 fully saturated rings. The SMILES string of the molecule is O=C(NCCOP(=O)(O)O)c1cc(NC(=O)c2cc(-c3ccccn3)c(F)cc2Cl)n(-c2ccccc2)n1. The highest BCUT2D eigenvalue weighted by Gasteiger charge is 2.21. The first-order valence-corrected chi connectivity index (χ1v) is 12.9. The van der Waals surface area contributed by atoms with Crippen molar-refractivity contribution < 1.29 is 32.9 Å². The minimum Gasteiger partial charge on any atom is -0.348 e. The zero-order valence-corrected chi connectivity index (χ0v) is 21.1. The highest BCUT2D eigenvalue weighted by molar-refractivity contribution is 7.46. The van der Waals surface area contributed by atoms with Gasteiger partial charge < -0.3 is 20.4 Å². The maximum Gasteiger partial charge on any atom is 0.469 e. The molecule has 2 aromatic carbocycles. The van der Waals surface area contributed by atoms with Gasteiger partial charge in [0.1, 0.15) is 11.6 Å². The zero-order chi connectivity index (χ0) is 27.3. The van der Waals surface area contributed by atoms with Gasteiger partial charge in [-0.15, -0.1) is 0 Å². The number of para-hydroxylation sites is 1. The van der Waals surface area contributed by atoms with E-state index in [1.165, 1.54) is 23.0 Å². The molecular weight excluding hydrogens is 540 g/mol. The van der Waals surface area contributed by atoms with Crippen molar-refractivity contribution in [1.29, 1.82) is 0 Å². The second-order valence-corrected chi connectivity index (χ2v) is 9.37. The van der Waals surface area contributed by atoms with Gasteiger partial charge in [-0.3, -0.25) is 19.1 Å². The molecule has 0 atom stereocenters. The molecule has 14 heteroatoms. The Morgan fingerprint density at radius 1 is 1.05 bits per heavy atom. The second-order valence-electron chi connectivity index (χ2n) is 7.72. The number of aromatic nitrogens is 3. The summed E-state index contributed by atoms with van der Waals surface area (Å²) in [5, 5.41) is 9.20. The van der Waals surface area contributed by atoms with Gasteiger partial charge in [0.2, 0.25) is 0 Å². The molecule has 4 rings (SSSR count). The predicted molar refractivity (Wildman–Crippen MR) is 136 cm³/mol. The van der Waals surface area contributed by atoms with E-state index in [1.807, 2.05) is 0 Å². The lowest BCUT2D eigenvalue weighted by atomic mass is 10.1. The van der Waals surface area contributed by atoms with Crippen molar-refractivity contribution >= 4 is 37.1 Å². The number of hydrogen-bond acceptors (Lipinski definition) is 6. The lowest BCUT2D eigenvalue weighted by molar-refractivity contribution is 0.0935. The molecule has 2 aromatic heterocycles. The van der Waals surface area contributed by atoms with Crippen LogP contribution >= 0.6 is 19.4 Å². The number of benzene rings is 2. The van der Waals surface area contributed by atoms with Crippen molar-refractivity contribution in [3.63, 3.8) is 0 Å². The smallest absolute Gasteiger partial charge is 0.348 e. The Bertz CT molecular complexity index is 1510. The fraction of sp³-hybridized carbons (Fsp3) is 0.0833. The maximum atomic E-state index is 14.6. The van der Waals surface area contributed by atoms with Gasteiger partial charge in [-0.2, -0.15) is 5.10 Å². The van der Waals surface area contributed by atoms with Crippen LogP contribution in [-0.4, -0.2) is 49.5 Å². The Balaban J connectivity index is 1.61. The average molecular weight is 560 g/mol. The number of carbonyl (C=O) groups is 2. The highest BCUT2D eigenvalue weighted by atomic mass is 35.5. The number of pyridine rings is 1. The summed E-state index contributed by atoms with van der Waals surface area (Å²) in [7, 11) is -4.67. The van der Waals surface area contributed by atoms with Crippen molar-refractivity contribution in [2.75, 3.05) is 18.5 Å². The summed E-state index contributed by atoms with van der Waals surface area (Å²) >= 11 is 6.19. The third-order valence-corrected chi connectivity index (χ3v) is 5.91. The Morgan fingerprint density at radius 2 is 1.79 bits per heavy atom. The Kier molecular flexibility index (Phi) is 8.30. The van der Waals surface area contributed by atoms with E-state index in [9.17, 15) is 18.5 Å². The van der Waals surface area contributed by atoms with Crippen LogP contribution in [-0.2, 0) is 9.09 Å². The van der Waals surface area contributed by atoms with Crippen LogP contribution < -0.4 is 10.6 Å². The zero-order valence-electron chi connectivity index (χ0n) is 19.4. The first kappa shape index (κ1) is 27.1. The van der Waals surface area contributed by atoms with Gasteiger partial charge in [-0.25, -0.2) is 13.6 Å². The molecule has 38 heavy (non-hydrogen) atoms. The van der Waals surface area contributed by atoms with Gasteiger partial charge in [0.25, 0.3) is 11.8 Å². The summed E-state index contributed by atoms with van der Waals surface area (Å²) < 4.78 is 31.0. The van der Waals surface area contributed by atoms with Gasteiger partial charge >= 0.3 is 7.82 Å². The topological polar surface area (TPSA) is 156 Å². The third-order valence-electron chi connectivity index (χ3n) is 5.07. The molecule has 4 aromatic rings. The molecule has 0 saturated heterocycles. The molecular formula is C24H20ClFN5O6P. The van der Waals surface area contributed by atoms with E-state index in [4.69, 9.17) is 21.4 Å². The molecule has 0 unspecified atom stereocenters. The van der Waals surface area contributed by atoms with E-state index in [0.29, 0.717) is 11.4 Å². The number of rotatable bonds is 9. The average Bonchev–Trinajstić information content (AvgIpc) is 3.31. The Hall–Kier alpha value is -3.93. The van der Waals surface area contributed by atoms with Crippen LogP contribution in [0.25, 0.3) is 16.9 Å². The molecule has 0 aliphatic carbocycles. The van der Waals surface area contributed by atoms with E-state index in [2.05, 4.69) is 25.2 Å². The molecule has 0 aliphatic heterocycles. The van der Waals surface area contributed by atoms with Crippen molar-refractivity contribution in [1.82, 2.24) is 20.1 Å². The number of halogens is 2. The van der Waals surface area contributed by atoms with E-state index < -0.39 is 32.1 Å². The van der Waals surface area contributed by atoms with Gasteiger partial charge in [0, 0.05) is 24.4 Å². The molecule has 0 saturated carbocycles. The van der Waals surface area contributed by atoms with Crippen LogP contribution in [0.5, 0.6) is 0 Å². The quantitative estimate of drug-likeness (QED) is 0.178. The molecule has 2 amide bonds. The van der Waals surface area contributed by atoms with Crippen LogP contribution in [0.1, 0.15) is 20.8 Å².